The number of hydrogen-bond acceptors (Lipinski definition) is 7. The Labute approximate surface area is 169 Å². The molecule has 1 aromatic carbocycles. The summed E-state index contributed by atoms with van der Waals surface area (Å²) in [5.74, 6) is -1.76. The molecule has 10 heteroatoms. The molecule has 1 unspecified atom stereocenters. The number of nitrogens with one attached hydrogen (secondary N) is 2. The fourth-order valence-corrected chi connectivity index (χ4v) is 3.80. The number of ether oxygens (including phenoxy) is 1. The van der Waals surface area contributed by atoms with Crippen molar-refractivity contribution in [3.8, 4) is 16.5 Å². The van der Waals surface area contributed by atoms with E-state index in [-0.39, 0.29) is 28.2 Å². The van der Waals surface area contributed by atoms with Crippen LogP contribution in [0.25, 0.3) is 10.6 Å². The number of carbonyl (C=O) groups is 1. The van der Waals surface area contributed by atoms with E-state index in [4.69, 9.17) is 4.74 Å². The topological polar surface area (TPSA) is 89.0 Å². The Morgan fingerprint density at radius 2 is 2.14 bits per heavy atom. The summed E-state index contributed by atoms with van der Waals surface area (Å²) in [6.45, 7) is 1.64. The lowest BCUT2D eigenvalue weighted by atomic mass is 10.1. The summed E-state index contributed by atoms with van der Waals surface area (Å²) >= 11 is 0.980. The summed E-state index contributed by atoms with van der Waals surface area (Å²) in [7, 11) is 0. The zero-order valence-electron chi connectivity index (χ0n) is 15.2. The molecule has 1 saturated heterocycles. The number of nitrogens with zero attached hydrogens (tertiary/aromatic N) is 3. The fourth-order valence-electron chi connectivity index (χ4n) is 2.96. The second-order valence-corrected chi connectivity index (χ2v) is 7.27. The Morgan fingerprint density at radius 1 is 1.31 bits per heavy atom. The van der Waals surface area contributed by atoms with Crippen LogP contribution in [0.3, 0.4) is 0 Å². The zero-order chi connectivity index (χ0) is 20.2. The number of anilines is 1. The normalized spacial score (nSPS) is 16.4. The SMILES string of the molecule is O=C(Nc1cncnc1OC1CCCNC1)c1csc(-c2c(F)cccc2F)n1. The number of benzene rings is 1. The monoisotopic (exact) mass is 417 g/mol. The highest BCUT2D eigenvalue weighted by Gasteiger charge is 2.21. The Balaban J connectivity index is 1.51. The maximum atomic E-state index is 14.0. The first-order valence-corrected chi connectivity index (χ1v) is 9.88. The van der Waals surface area contributed by atoms with E-state index < -0.39 is 17.5 Å². The molecule has 0 spiro atoms. The van der Waals surface area contributed by atoms with Crippen molar-refractivity contribution in [2.24, 2.45) is 0 Å². The van der Waals surface area contributed by atoms with Gasteiger partial charge in [0.05, 0.1) is 11.8 Å². The van der Waals surface area contributed by atoms with E-state index in [1.807, 2.05) is 0 Å². The molecule has 0 saturated carbocycles. The number of amides is 1. The Kier molecular flexibility index (Phi) is 5.72. The van der Waals surface area contributed by atoms with Crippen LogP contribution in [0.1, 0.15) is 23.3 Å². The van der Waals surface area contributed by atoms with E-state index in [9.17, 15) is 13.6 Å². The van der Waals surface area contributed by atoms with Gasteiger partial charge in [-0.1, -0.05) is 6.07 Å². The van der Waals surface area contributed by atoms with Gasteiger partial charge in [-0.05, 0) is 31.5 Å². The Morgan fingerprint density at radius 3 is 2.90 bits per heavy atom. The molecule has 1 fully saturated rings. The second-order valence-electron chi connectivity index (χ2n) is 6.42. The van der Waals surface area contributed by atoms with Gasteiger partial charge in [-0.15, -0.1) is 11.3 Å². The summed E-state index contributed by atoms with van der Waals surface area (Å²) in [4.78, 5) is 24.7. The average Bonchev–Trinajstić information content (AvgIpc) is 3.20. The summed E-state index contributed by atoms with van der Waals surface area (Å²) in [5.41, 5.74) is 0.0740. The number of thiazole rings is 1. The van der Waals surface area contributed by atoms with Gasteiger partial charge in [-0.2, -0.15) is 4.98 Å². The predicted molar refractivity (Wildman–Crippen MR) is 104 cm³/mol. The summed E-state index contributed by atoms with van der Waals surface area (Å²) in [6.07, 6.45) is 4.59. The van der Waals surface area contributed by atoms with Crippen LogP contribution < -0.4 is 15.4 Å². The first kappa shape index (κ1) is 19.3. The van der Waals surface area contributed by atoms with Gasteiger partial charge in [-0.3, -0.25) is 4.79 Å². The number of carbonyl (C=O) groups excluding carboxylic acids is 1. The molecular formula is C19H17F2N5O2S. The molecular weight excluding hydrogens is 400 g/mol. The van der Waals surface area contributed by atoms with Crippen LogP contribution in [0, 0.1) is 11.6 Å². The van der Waals surface area contributed by atoms with Gasteiger partial charge in [0.25, 0.3) is 5.91 Å². The minimum Gasteiger partial charge on any atom is -0.471 e. The van der Waals surface area contributed by atoms with E-state index in [1.54, 1.807) is 0 Å². The highest BCUT2D eigenvalue weighted by molar-refractivity contribution is 7.13. The molecule has 0 radical (unpaired) electrons. The zero-order valence-corrected chi connectivity index (χ0v) is 16.0. The van der Waals surface area contributed by atoms with Crippen LogP contribution in [0.15, 0.2) is 36.1 Å². The van der Waals surface area contributed by atoms with Crippen molar-refractivity contribution in [3.05, 3.63) is 53.4 Å². The van der Waals surface area contributed by atoms with Crippen LogP contribution >= 0.6 is 11.3 Å². The lowest BCUT2D eigenvalue weighted by Gasteiger charge is -2.24. The molecule has 2 N–H and O–H groups in total. The largest absolute Gasteiger partial charge is 0.471 e. The highest BCUT2D eigenvalue weighted by atomic mass is 32.1. The van der Waals surface area contributed by atoms with Crippen molar-refractivity contribution < 1.29 is 18.3 Å². The third-order valence-corrected chi connectivity index (χ3v) is 5.23. The molecule has 7 nitrogen and oxygen atoms in total. The first-order chi connectivity index (χ1) is 14.1. The van der Waals surface area contributed by atoms with Gasteiger partial charge in [0.15, 0.2) is 0 Å². The quantitative estimate of drug-likeness (QED) is 0.663. The van der Waals surface area contributed by atoms with Crippen molar-refractivity contribution in [2.45, 2.75) is 18.9 Å². The third-order valence-electron chi connectivity index (χ3n) is 4.37. The molecule has 4 rings (SSSR count). The highest BCUT2D eigenvalue weighted by Crippen LogP contribution is 2.29. The molecule has 0 aliphatic carbocycles. The van der Waals surface area contributed by atoms with Gasteiger partial charge in [0, 0.05) is 11.9 Å². The average molecular weight is 417 g/mol. The van der Waals surface area contributed by atoms with Crippen LogP contribution in [-0.2, 0) is 0 Å². The lowest BCUT2D eigenvalue weighted by molar-refractivity contribution is 0.102. The number of hydrogen-bond donors (Lipinski definition) is 2. The molecule has 1 aliphatic rings. The van der Waals surface area contributed by atoms with Crippen molar-refractivity contribution >= 4 is 22.9 Å². The van der Waals surface area contributed by atoms with Gasteiger partial charge in [0.1, 0.15) is 40.5 Å². The van der Waals surface area contributed by atoms with E-state index in [1.165, 1.54) is 24.0 Å². The smallest absolute Gasteiger partial charge is 0.275 e. The Bertz CT molecular complexity index is 1000. The van der Waals surface area contributed by atoms with Crippen molar-refractivity contribution in [2.75, 3.05) is 18.4 Å². The lowest BCUT2D eigenvalue weighted by Crippen LogP contribution is -2.37. The van der Waals surface area contributed by atoms with Crippen molar-refractivity contribution in [3.63, 3.8) is 0 Å². The van der Waals surface area contributed by atoms with E-state index in [0.29, 0.717) is 12.2 Å². The summed E-state index contributed by atoms with van der Waals surface area (Å²) < 4.78 is 33.8. The molecule has 3 aromatic rings. The van der Waals surface area contributed by atoms with E-state index in [2.05, 4.69) is 25.6 Å². The molecule has 3 heterocycles. The van der Waals surface area contributed by atoms with Crippen LogP contribution in [0.5, 0.6) is 5.88 Å². The van der Waals surface area contributed by atoms with Crippen LogP contribution in [-0.4, -0.2) is 40.1 Å². The number of rotatable bonds is 5. The standard InChI is InChI=1S/C19H17F2N5O2S/c20-12-4-1-5-13(21)16(12)19-26-15(9-29-19)17(27)25-14-8-23-10-24-18(14)28-11-3-2-6-22-7-11/h1,4-5,8-11,22H,2-3,6-7H2,(H,25,27). The molecule has 1 aliphatic heterocycles. The summed E-state index contributed by atoms with van der Waals surface area (Å²) in [5, 5.41) is 7.42. The maximum absolute atomic E-state index is 14.0. The summed E-state index contributed by atoms with van der Waals surface area (Å²) in [6, 6.07) is 3.56. The van der Waals surface area contributed by atoms with Crippen molar-refractivity contribution in [1.29, 1.82) is 0 Å². The van der Waals surface area contributed by atoms with E-state index in [0.717, 1.165) is 42.9 Å². The van der Waals surface area contributed by atoms with Gasteiger partial charge in [-0.25, -0.2) is 18.7 Å². The first-order valence-electron chi connectivity index (χ1n) is 9.00. The number of halogens is 2. The predicted octanol–water partition coefficient (Wildman–Crippen LogP) is 3.26. The van der Waals surface area contributed by atoms with Crippen molar-refractivity contribution in [1.82, 2.24) is 20.3 Å². The molecule has 2 aromatic heterocycles. The molecule has 29 heavy (non-hydrogen) atoms. The van der Waals surface area contributed by atoms with E-state index >= 15 is 0 Å². The minimum absolute atomic E-state index is 0.0294. The maximum Gasteiger partial charge on any atom is 0.275 e. The van der Waals surface area contributed by atoms with Gasteiger partial charge < -0.3 is 15.4 Å². The molecule has 1 atom stereocenters. The molecule has 150 valence electrons. The fraction of sp³-hybridized carbons (Fsp3) is 0.263. The molecule has 1 amide bonds. The third kappa shape index (κ3) is 4.38. The van der Waals surface area contributed by atoms with Crippen LogP contribution in [0.4, 0.5) is 14.5 Å². The number of piperidine rings is 1. The second kappa shape index (κ2) is 8.58. The van der Waals surface area contributed by atoms with Gasteiger partial charge >= 0.3 is 0 Å². The minimum atomic E-state index is -0.737. The molecule has 0 bridgehead atoms. The van der Waals surface area contributed by atoms with Gasteiger partial charge in [0.2, 0.25) is 5.88 Å². The van der Waals surface area contributed by atoms with Crippen LogP contribution in [0.2, 0.25) is 0 Å². The number of aromatic nitrogens is 3. The Hall–Kier alpha value is -2.98.